The van der Waals surface area contributed by atoms with E-state index in [1.807, 2.05) is 0 Å². The van der Waals surface area contributed by atoms with E-state index in [1.54, 1.807) is 0 Å². The van der Waals surface area contributed by atoms with Gasteiger partial charge < -0.3 is 10.1 Å². The zero-order chi connectivity index (χ0) is 11.9. The van der Waals surface area contributed by atoms with E-state index in [1.165, 1.54) is 32.1 Å². The summed E-state index contributed by atoms with van der Waals surface area (Å²) in [5.41, 5.74) is 0. The molecule has 4 heteroatoms. The summed E-state index contributed by atoms with van der Waals surface area (Å²) in [4.78, 5) is 14.1. The smallest absolute Gasteiger partial charge is 0.221 e. The Morgan fingerprint density at radius 3 is 2.59 bits per heavy atom. The number of nitrogens with one attached hydrogen (secondary N) is 1. The van der Waals surface area contributed by atoms with Crippen molar-refractivity contribution in [2.45, 2.75) is 44.6 Å². The zero-order valence-corrected chi connectivity index (χ0v) is 10.6. The van der Waals surface area contributed by atoms with Crippen LogP contribution in [0.5, 0.6) is 0 Å². The topological polar surface area (TPSA) is 41.6 Å². The van der Waals surface area contributed by atoms with E-state index in [0.29, 0.717) is 12.5 Å². The van der Waals surface area contributed by atoms with Gasteiger partial charge in [-0.05, 0) is 12.8 Å². The molecule has 1 aliphatic carbocycles. The number of morpholine rings is 1. The quantitative estimate of drug-likeness (QED) is 0.801. The van der Waals surface area contributed by atoms with Gasteiger partial charge in [-0.2, -0.15) is 0 Å². The van der Waals surface area contributed by atoms with Crippen LogP contribution in [0.2, 0.25) is 0 Å². The SMILES string of the molecule is O=C(CCN1CCOCC1)NC1CCCCC1. The lowest BCUT2D eigenvalue weighted by molar-refractivity contribution is -0.122. The first-order valence-corrected chi connectivity index (χ1v) is 6.94. The van der Waals surface area contributed by atoms with Crippen LogP contribution in [-0.2, 0) is 9.53 Å². The predicted molar refractivity (Wildman–Crippen MR) is 66.9 cm³/mol. The summed E-state index contributed by atoms with van der Waals surface area (Å²) < 4.78 is 5.29. The highest BCUT2D eigenvalue weighted by Gasteiger charge is 2.16. The number of carbonyl (C=O) groups is 1. The maximum atomic E-state index is 11.8. The highest BCUT2D eigenvalue weighted by atomic mass is 16.5. The molecule has 1 saturated heterocycles. The standard InChI is InChI=1S/C13H24N2O2/c16-13(14-12-4-2-1-3-5-12)6-7-15-8-10-17-11-9-15/h12H,1-11H2,(H,14,16). The third-order valence-corrected chi connectivity index (χ3v) is 3.73. The average Bonchev–Trinajstić information content (AvgIpc) is 2.39. The largest absolute Gasteiger partial charge is 0.379 e. The van der Waals surface area contributed by atoms with E-state index in [-0.39, 0.29) is 5.91 Å². The Hall–Kier alpha value is -0.610. The van der Waals surface area contributed by atoms with Gasteiger partial charge in [-0.3, -0.25) is 9.69 Å². The summed E-state index contributed by atoms with van der Waals surface area (Å²) in [5.74, 6) is 0.225. The second kappa shape index (κ2) is 6.97. The van der Waals surface area contributed by atoms with Crippen LogP contribution >= 0.6 is 0 Å². The molecule has 98 valence electrons. The maximum Gasteiger partial charge on any atom is 0.221 e. The van der Waals surface area contributed by atoms with Crippen LogP contribution in [0.3, 0.4) is 0 Å². The summed E-state index contributed by atoms with van der Waals surface area (Å²) in [5, 5.41) is 3.16. The van der Waals surface area contributed by atoms with Crippen molar-refractivity contribution in [3.63, 3.8) is 0 Å². The van der Waals surface area contributed by atoms with Gasteiger partial charge in [0.2, 0.25) is 5.91 Å². The van der Waals surface area contributed by atoms with E-state index in [2.05, 4.69) is 10.2 Å². The van der Waals surface area contributed by atoms with Crippen molar-refractivity contribution in [1.29, 1.82) is 0 Å². The van der Waals surface area contributed by atoms with Crippen LogP contribution in [0.4, 0.5) is 0 Å². The molecule has 1 amide bonds. The van der Waals surface area contributed by atoms with Crippen LogP contribution < -0.4 is 5.32 Å². The molecule has 1 N–H and O–H groups in total. The fourth-order valence-electron chi connectivity index (χ4n) is 2.63. The third kappa shape index (κ3) is 4.64. The predicted octanol–water partition coefficient (Wildman–Crippen LogP) is 1.16. The second-order valence-corrected chi connectivity index (χ2v) is 5.11. The molecule has 1 heterocycles. The van der Waals surface area contributed by atoms with Crippen molar-refractivity contribution < 1.29 is 9.53 Å². The Bertz CT molecular complexity index is 234. The fourth-order valence-corrected chi connectivity index (χ4v) is 2.63. The average molecular weight is 240 g/mol. The van der Waals surface area contributed by atoms with E-state index in [0.717, 1.165) is 32.8 Å². The molecule has 0 aromatic carbocycles. The number of nitrogens with zero attached hydrogens (tertiary/aromatic N) is 1. The minimum Gasteiger partial charge on any atom is -0.379 e. The van der Waals surface area contributed by atoms with Gasteiger partial charge in [-0.15, -0.1) is 0 Å². The minimum atomic E-state index is 0.225. The van der Waals surface area contributed by atoms with Crippen molar-refractivity contribution in [2.24, 2.45) is 0 Å². The molecular weight excluding hydrogens is 216 g/mol. The Labute approximate surface area is 104 Å². The van der Waals surface area contributed by atoms with Gasteiger partial charge in [-0.1, -0.05) is 19.3 Å². The van der Waals surface area contributed by atoms with Crippen LogP contribution in [0.15, 0.2) is 0 Å². The summed E-state index contributed by atoms with van der Waals surface area (Å²) in [6.07, 6.45) is 6.85. The molecule has 0 radical (unpaired) electrons. The highest BCUT2D eigenvalue weighted by molar-refractivity contribution is 5.76. The van der Waals surface area contributed by atoms with E-state index < -0.39 is 0 Å². The Balaban J connectivity index is 1.59. The van der Waals surface area contributed by atoms with Crippen LogP contribution in [-0.4, -0.2) is 49.7 Å². The van der Waals surface area contributed by atoms with Gasteiger partial charge in [0.25, 0.3) is 0 Å². The van der Waals surface area contributed by atoms with Gasteiger partial charge in [0.15, 0.2) is 0 Å². The highest BCUT2D eigenvalue weighted by Crippen LogP contribution is 2.17. The summed E-state index contributed by atoms with van der Waals surface area (Å²) in [7, 11) is 0. The third-order valence-electron chi connectivity index (χ3n) is 3.73. The molecule has 2 rings (SSSR count). The van der Waals surface area contributed by atoms with E-state index in [9.17, 15) is 4.79 Å². The van der Waals surface area contributed by atoms with Gasteiger partial charge in [0.1, 0.15) is 0 Å². The van der Waals surface area contributed by atoms with Crippen molar-refractivity contribution in [3.05, 3.63) is 0 Å². The summed E-state index contributed by atoms with van der Waals surface area (Å²) in [6.45, 7) is 4.43. The molecule has 4 nitrogen and oxygen atoms in total. The monoisotopic (exact) mass is 240 g/mol. The number of rotatable bonds is 4. The van der Waals surface area contributed by atoms with Crippen molar-refractivity contribution in [1.82, 2.24) is 10.2 Å². The molecule has 17 heavy (non-hydrogen) atoms. The maximum absolute atomic E-state index is 11.8. The van der Waals surface area contributed by atoms with Crippen LogP contribution in [0.25, 0.3) is 0 Å². The molecule has 0 aromatic heterocycles. The fraction of sp³-hybridized carbons (Fsp3) is 0.923. The Morgan fingerprint density at radius 2 is 1.88 bits per heavy atom. The zero-order valence-electron chi connectivity index (χ0n) is 10.6. The van der Waals surface area contributed by atoms with Gasteiger partial charge in [0, 0.05) is 32.1 Å². The Morgan fingerprint density at radius 1 is 1.18 bits per heavy atom. The normalized spacial score (nSPS) is 23.5. The van der Waals surface area contributed by atoms with Crippen LogP contribution in [0.1, 0.15) is 38.5 Å². The first kappa shape index (κ1) is 12.8. The van der Waals surface area contributed by atoms with Crippen molar-refractivity contribution >= 4 is 5.91 Å². The van der Waals surface area contributed by atoms with E-state index >= 15 is 0 Å². The molecule has 1 saturated carbocycles. The molecule has 1 aliphatic heterocycles. The number of carbonyl (C=O) groups excluding carboxylic acids is 1. The van der Waals surface area contributed by atoms with E-state index in [4.69, 9.17) is 4.74 Å². The molecule has 0 bridgehead atoms. The number of amides is 1. The first-order valence-electron chi connectivity index (χ1n) is 6.94. The lowest BCUT2D eigenvalue weighted by Gasteiger charge is -2.27. The molecular formula is C13H24N2O2. The van der Waals surface area contributed by atoms with Gasteiger partial charge >= 0.3 is 0 Å². The summed E-state index contributed by atoms with van der Waals surface area (Å²) >= 11 is 0. The Kier molecular flexibility index (Phi) is 5.26. The molecule has 0 spiro atoms. The first-order chi connectivity index (χ1) is 8.34. The van der Waals surface area contributed by atoms with Crippen molar-refractivity contribution in [2.75, 3.05) is 32.8 Å². The number of hydrogen-bond acceptors (Lipinski definition) is 3. The molecule has 0 aromatic rings. The lowest BCUT2D eigenvalue weighted by atomic mass is 9.95. The molecule has 0 unspecified atom stereocenters. The number of ether oxygens (including phenoxy) is 1. The molecule has 2 fully saturated rings. The number of hydrogen-bond donors (Lipinski definition) is 1. The van der Waals surface area contributed by atoms with Gasteiger partial charge in [-0.25, -0.2) is 0 Å². The lowest BCUT2D eigenvalue weighted by Crippen LogP contribution is -2.41. The second-order valence-electron chi connectivity index (χ2n) is 5.11. The minimum absolute atomic E-state index is 0.225. The van der Waals surface area contributed by atoms with Crippen molar-refractivity contribution in [3.8, 4) is 0 Å². The van der Waals surface area contributed by atoms with Gasteiger partial charge in [0.05, 0.1) is 13.2 Å². The molecule has 2 aliphatic rings. The van der Waals surface area contributed by atoms with Crippen LogP contribution in [0, 0.1) is 0 Å². The summed E-state index contributed by atoms with van der Waals surface area (Å²) in [6, 6.07) is 0.445. The molecule has 0 atom stereocenters.